The van der Waals surface area contributed by atoms with Gasteiger partial charge >= 0.3 is 5.69 Å². The highest BCUT2D eigenvalue weighted by Crippen LogP contribution is 2.20. The molecule has 0 aromatic carbocycles. The maximum atomic E-state index is 12.6. The molecule has 0 spiro atoms. The lowest BCUT2D eigenvalue weighted by molar-refractivity contribution is 0.274. The van der Waals surface area contributed by atoms with Crippen LogP contribution in [0.1, 0.15) is 44.5 Å². The molecule has 3 aromatic heterocycles. The van der Waals surface area contributed by atoms with E-state index in [1.54, 1.807) is 22.9 Å². The van der Waals surface area contributed by atoms with E-state index in [4.69, 9.17) is 4.98 Å². The fourth-order valence-electron chi connectivity index (χ4n) is 4.48. The molecule has 0 radical (unpaired) electrons. The second-order valence-corrected chi connectivity index (χ2v) is 8.31. The van der Waals surface area contributed by atoms with Crippen LogP contribution in [0.2, 0.25) is 0 Å². The monoisotopic (exact) mass is 450 g/mol. The summed E-state index contributed by atoms with van der Waals surface area (Å²) in [6.45, 7) is 9.00. The molecule has 1 N–H and O–H groups in total. The molecule has 0 amide bonds. The van der Waals surface area contributed by atoms with Crippen molar-refractivity contribution in [2.75, 3.05) is 31.1 Å². The number of fused-ring (bicyclic) bond motifs is 1. The molecule has 0 saturated carbocycles. The molecule has 0 unspecified atom stereocenters. The Morgan fingerprint density at radius 1 is 1.15 bits per heavy atom. The van der Waals surface area contributed by atoms with Crippen molar-refractivity contribution < 1.29 is 0 Å². The van der Waals surface area contributed by atoms with Gasteiger partial charge in [0.25, 0.3) is 5.56 Å². The van der Waals surface area contributed by atoms with Crippen molar-refractivity contribution in [1.82, 2.24) is 29.0 Å². The van der Waals surface area contributed by atoms with E-state index >= 15 is 0 Å². The fourth-order valence-corrected chi connectivity index (χ4v) is 4.48. The number of nitrogens with one attached hydrogen (secondary N) is 1. The Morgan fingerprint density at radius 2 is 2.00 bits per heavy atom. The zero-order valence-electron chi connectivity index (χ0n) is 19.3. The minimum absolute atomic E-state index is 0.385. The quantitative estimate of drug-likeness (QED) is 0.582. The number of H-pyrrole nitrogens is 1. The van der Waals surface area contributed by atoms with Gasteiger partial charge < -0.3 is 9.47 Å². The highest BCUT2D eigenvalue weighted by molar-refractivity contribution is 5.71. The number of nitriles is 1. The van der Waals surface area contributed by atoms with Gasteiger partial charge in [-0.05, 0) is 31.9 Å². The van der Waals surface area contributed by atoms with Crippen LogP contribution in [-0.4, -0.2) is 55.2 Å². The molecular formula is C23H30N8O2. The van der Waals surface area contributed by atoms with Crippen LogP contribution in [0.25, 0.3) is 11.2 Å². The number of rotatable bonds is 7. The van der Waals surface area contributed by atoms with Crippen molar-refractivity contribution in [2.24, 2.45) is 0 Å². The van der Waals surface area contributed by atoms with Crippen molar-refractivity contribution in [2.45, 2.75) is 52.7 Å². The zero-order chi connectivity index (χ0) is 23.4. The maximum Gasteiger partial charge on any atom is 0.330 e. The largest absolute Gasteiger partial charge is 0.354 e. The third kappa shape index (κ3) is 4.54. The van der Waals surface area contributed by atoms with Crippen molar-refractivity contribution in [3.63, 3.8) is 0 Å². The minimum atomic E-state index is -0.401. The van der Waals surface area contributed by atoms with Gasteiger partial charge in [0.15, 0.2) is 11.2 Å². The number of aromatic nitrogens is 5. The number of nitrogens with zero attached hydrogens (tertiary/aromatic N) is 7. The lowest BCUT2D eigenvalue weighted by Crippen LogP contribution is -2.32. The number of aryl methyl sites for hydroxylation is 2. The van der Waals surface area contributed by atoms with Crippen LogP contribution in [0.3, 0.4) is 0 Å². The summed E-state index contributed by atoms with van der Waals surface area (Å²) in [6.07, 6.45) is 4.44. The highest BCUT2D eigenvalue weighted by atomic mass is 16.2. The van der Waals surface area contributed by atoms with Crippen LogP contribution in [0.15, 0.2) is 27.9 Å². The summed E-state index contributed by atoms with van der Waals surface area (Å²) in [5, 5.41) is 9.42. The van der Waals surface area contributed by atoms with Gasteiger partial charge in [-0.25, -0.2) is 14.8 Å². The third-order valence-electron chi connectivity index (χ3n) is 6.18. The molecular weight excluding hydrogens is 420 g/mol. The topological polar surface area (TPSA) is 116 Å². The smallest absolute Gasteiger partial charge is 0.330 e. The summed E-state index contributed by atoms with van der Waals surface area (Å²) in [5.41, 5.74) is 0.736. The number of hydrogen-bond donors (Lipinski definition) is 1. The molecule has 1 saturated heterocycles. The van der Waals surface area contributed by atoms with Gasteiger partial charge in [0, 0.05) is 45.5 Å². The highest BCUT2D eigenvalue weighted by Gasteiger charge is 2.22. The van der Waals surface area contributed by atoms with Gasteiger partial charge in [-0.1, -0.05) is 13.3 Å². The second-order valence-electron chi connectivity index (χ2n) is 8.31. The molecule has 10 nitrogen and oxygen atoms in total. The lowest BCUT2D eigenvalue weighted by Gasteiger charge is -2.23. The molecule has 174 valence electrons. The summed E-state index contributed by atoms with van der Waals surface area (Å²) in [5.74, 6) is 1.52. The zero-order valence-corrected chi connectivity index (χ0v) is 19.3. The van der Waals surface area contributed by atoms with Gasteiger partial charge in [-0.2, -0.15) is 5.26 Å². The first kappa shape index (κ1) is 22.7. The molecule has 1 aliphatic rings. The molecule has 10 heteroatoms. The minimum Gasteiger partial charge on any atom is -0.354 e. The number of unbranched alkanes of at least 4 members (excludes halogenated alkanes) is 1. The lowest BCUT2D eigenvalue weighted by atomic mass is 10.2. The summed E-state index contributed by atoms with van der Waals surface area (Å²) < 4.78 is 3.51. The van der Waals surface area contributed by atoms with E-state index in [0.717, 1.165) is 57.1 Å². The summed E-state index contributed by atoms with van der Waals surface area (Å²) in [6, 6.07) is 5.81. The van der Waals surface area contributed by atoms with Gasteiger partial charge in [-0.3, -0.25) is 19.2 Å². The molecule has 33 heavy (non-hydrogen) atoms. The first-order chi connectivity index (χ1) is 16.1. The normalized spacial score (nSPS) is 15.0. The SMILES string of the molecule is CCCCn1c(=O)[nH]c(=O)c2c1nc(CN1CCCN(c3ncccc3C#N)CC1)n2CC. The molecule has 1 aliphatic heterocycles. The van der Waals surface area contributed by atoms with Crippen LogP contribution in [-0.2, 0) is 19.6 Å². The standard InChI is InChI=1S/C23H30N8O2/c1-3-5-12-31-21-19(22(32)27-23(31)33)30(4-2)18(26-21)16-28-10-7-11-29(14-13-28)20-17(15-24)8-6-9-25-20/h6,8-9H,3-5,7,10-14,16H2,1-2H3,(H,27,32,33). The third-order valence-corrected chi connectivity index (χ3v) is 6.18. The average Bonchev–Trinajstić information content (AvgIpc) is 3.02. The number of aromatic amines is 1. The Morgan fingerprint density at radius 3 is 2.76 bits per heavy atom. The van der Waals surface area contributed by atoms with E-state index in [9.17, 15) is 14.9 Å². The van der Waals surface area contributed by atoms with Crippen molar-refractivity contribution in [3.8, 4) is 6.07 Å². The number of imidazole rings is 1. The van der Waals surface area contributed by atoms with Crippen LogP contribution in [0.5, 0.6) is 0 Å². The first-order valence-electron chi connectivity index (χ1n) is 11.6. The molecule has 4 heterocycles. The molecule has 1 fully saturated rings. The van der Waals surface area contributed by atoms with E-state index in [-0.39, 0.29) is 5.56 Å². The summed E-state index contributed by atoms with van der Waals surface area (Å²) >= 11 is 0. The van der Waals surface area contributed by atoms with E-state index in [1.165, 1.54) is 0 Å². The van der Waals surface area contributed by atoms with Crippen molar-refractivity contribution in [1.29, 1.82) is 5.26 Å². The Balaban J connectivity index is 1.60. The van der Waals surface area contributed by atoms with Crippen molar-refractivity contribution in [3.05, 3.63) is 50.6 Å². The molecule has 0 aliphatic carbocycles. The van der Waals surface area contributed by atoms with Crippen LogP contribution in [0, 0.1) is 11.3 Å². The maximum absolute atomic E-state index is 12.6. The Labute approximate surface area is 192 Å². The molecule has 0 bridgehead atoms. The van der Waals surface area contributed by atoms with Gasteiger partial charge in [0.2, 0.25) is 0 Å². The van der Waals surface area contributed by atoms with E-state index in [0.29, 0.717) is 36.4 Å². The van der Waals surface area contributed by atoms with Crippen LogP contribution >= 0.6 is 0 Å². The van der Waals surface area contributed by atoms with Gasteiger partial charge in [0.1, 0.15) is 17.7 Å². The van der Waals surface area contributed by atoms with Crippen molar-refractivity contribution >= 4 is 17.0 Å². The average molecular weight is 451 g/mol. The Hall–Kier alpha value is -3.45. The Bertz CT molecular complexity index is 1280. The predicted octanol–water partition coefficient (Wildman–Crippen LogP) is 1.69. The number of anilines is 1. The molecule has 4 rings (SSSR count). The van der Waals surface area contributed by atoms with E-state index in [2.05, 4.69) is 32.8 Å². The van der Waals surface area contributed by atoms with E-state index < -0.39 is 5.69 Å². The summed E-state index contributed by atoms with van der Waals surface area (Å²) in [4.78, 5) is 41.2. The second kappa shape index (κ2) is 10.0. The number of hydrogen-bond acceptors (Lipinski definition) is 7. The van der Waals surface area contributed by atoms with Crippen LogP contribution in [0.4, 0.5) is 5.82 Å². The molecule has 3 aromatic rings. The number of pyridine rings is 1. The summed E-state index contributed by atoms with van der Waals surface area (Å²) in [7, 11) is 0. The predicted molar refractivity (Wildman–Crippen MR) is 126 cm³/mol. The van der Waals surface area contributed by atoms with E-state index in [1.807, 2.05) is 11.5 Å². The fraction of sp³-hybridized carbons (Fsp3) is 0.522. The Kier molecular flexibility index (Phi) is 6.89. The van der Waals surface area contributed by atoms with Gasteiger partial charge in [0.05, 0.1) is 12.1 Å². The van der Waals surface area contributed by atoms with Gasteiger partial charge in [-0.15, -0.1) is 0 Å². The molecule has 0 atom stereocenters. The van der Waals surface area contributed by atoms with Crippen LogP contribution < -0.4 is 16.1 Å². The first-order valence-corrected chi connectivity index (χ1v) is 11.6.